The van der Waals surface area contributed by atoms with Gasteiger partial charge in [-0.05, 0) is 54.5 Å². The second kappa shape index (κ2) is 6.60. The molecule has 134 valence electrons. The zero-order valence-electron chi connectivity index (χ0n) is 15.1. The Kier molecular flexibility index (Phi) is 4.27. The van der Waals surface area contributed by atoms with Crippen LogP contribution in [-0.2, 0) is 29.0 Å². The number of aryl methyl sites for hydroxylation is 1. The van der Waals surface area contributed by atoms with Crippen molar-refractivity contribution in [3.63, 3.8) is 0 Å². The van der Waals surface area contributed by atoms with Crippen molar-refractivity contribution in [2.24, 2.45) is 5.41 Å². The average Bonchev–Trinajstić information content (AvgIpc) is 3.50. The van der Waals surface area contributed by atoms with Crippen molar-refractivity contribution in [3.8, 4) is 0 Å². The lowest BCUT2D eigenvalue weighted by Crippen LogP contribution is -2.45. The van der Waals surface area contributed by atoms with E-state index in [1.54, 1.807) is 0 Å². The third-order valence-corrected chi connectivity index (χ3v) is 5.63. The minimum Gasteiger partial charge on any atom is -0.337 e. The Bertz CT molecular complexity index is 837. The van der Waals surface area contributed by atoms with Crippen LogP contribution in [0.1, 0.15) is 36.5 Å². The number of nitrogens with zero attached hydrogens (tertiary/aromatic N) is 1. The number of amides is 2. The molecule has 4 nitrogen and oxygen atoms in total. The first kappa shape index (κ1) is 16.8. The molecule has 0 aromatic heterocycles. The maximum Gasteiger partial charge on any atom is 0.240 e. The van der Waals surface area contributed by atoms with Gasteiger partial charge in [-0.15, -0.1) is 0 Å². The van der Waals surface area contributed by atoms with Crippen LogP contribution in [0.3, 0.4) is 0 Å². The lowest BCUT2D eigenvalue weighted by Gasteiger charge is -2.31. The molecule has 0 atom stereocenters. The predicted octanol–water partition coefficient (Wildman–Crippen LogP) is 3.55. The normalized spacial score (nSPS) is 17.3. The van der Waals surface area contributed by atoms with Crippen LogP contribution in [-0.4, -0.2) is 23.3 Å². The van der Waals surface area contributed by atoms with Gasteiger partial charge in [-0.2, -0.15) is 0 Å². The summed E-state index contributed by atoms with van der Waals surface area (Å²) in [6.45, 7) is 3.40. The van der Waals surface area contributed by atoms with Gasteiger partial charge in [-0.1, -0.05) is 43.3 Å². The van der Waals surface area contributed by atoms with Crippen molar-refractivity contribution < 1.29 is 9.59 Å². The zero-order valence-corrected chi connectivity index (χ0v) is 15.1. The van der Waals surface area contributed by atoms with E-state index in [9.17, 15) is 9.59 Å². The monoisotopic (exact) mass is 348 g/mol. The SMILES string of the molecule is CCc1ccc(NC(=O)C2(C(=O)N3CCc4ccccc4C3)CC2)cc1. The molecule has 0 unspecified atom stereocenters. The van der Waals surface area contributed by atoms with Crippen molar-refractivity contribution in [1.82, 2.24) is 4.90 Å². The van der Waals surface area contributed by atoms with E-state index in [1.165, 1.54) is 16.7 Å². The largest absolute Gasteiger partial charge is 0.337 e. The Morgan fingerprint density at radius 3 is 2.38 bits per heavy atom. The molecule has 1 aliphatic heterocycles. The van der Waals surface area contributed by atoms with E-state index >= 15 is 0 Å². The lowest BCUT2D eigenvalue weighted by atomic mass is 9.97. The quantitative estimate of drug-likeness (QED) is 0.859. The van der Waals surface area contributed by atoms with E-state index in [0.29, 0.717) is 25.9 Å². The number of hydrogen-bond donors (Lipinski definition) is 1. The number of fused-ring (bicyclic) bond motifs is 1. The van der Waals surface area contributed by atoms with E-state index in [1.807, 2.05) is 41.3 Å². The van der Waals surface area contributed by atoms with Crippen molar-refractivity contribution in [1.29, 1.82) is 0 Å². The molecule has 1 N–H and O–H groups in total. The molecule has 4 heteroatoms. The molecule has 1 fully saturated rings. The highest BCUT2D eigenvalue weighted by molar-refractivity contribution is 6.13. The molecule has 1 saturated carbocycles. The van der Waals surface area contributed by atoms with Crippen molar-refractivity contribution >= 4 is 17.5 Å². The standard InChI is InChI=1S/C22H24N2O2/c1-2-16-7-9-19(10-8-16)23-20(25)22(12-13-22)21(26)24-14-11-17-5-3-4-6-18(17)15-24/h3-10H,2,11-15H2,1H3,(H,23,25). The van der Waals surface area contributed by atoms with Crippen molar-refractivity contribution in [2.45, 2.75) is 39.2 Å². The highest BCUT2D eigenvalue weighted by atomic mass is 16.2. The molecule has 26 heavy (non-hydrogen) atoms. The van der Waals surface area contributed by atoms with E-state index < -0.39 is 5.41 Å². The van der Waals surface area contributed by atoms with Crippen LogP contribution in [0.15, 0.2) is 48.5 Å². The Balaban J connectivity index is 1.46. The third-order valence-electron chi connectivity index (χ3n) is 5.63. The van der Waals surface area contributed by atoms with E-state index in [0.717, 1.165) is 18.5 Å². The summed E-state index contributed by atoms with van der Waals surface area (Å²) in [6, 6.07) is 16.1. The molecular weight excluding hydrogens is 324 g/mol. The summed E-state index contributed by atoms with van der Waals surface area (Å²) < 4.78 is 0. The molecule has 2 amide bonds. The number of rotatable bonds is 4. The van der Waals surface area contributed by atoms with Gasteiger partial charge >= 0.3 is 0 Å². The molecule has 0 spiro atoms. The highest BCUT2D eigenvalue weighted by Crippen LogP contribution is 2.48. The van der Waals surface area contributed by atoms with E-state index in [4.69, 9.17) is 0 Å². The summed E-state index contributed by atoms with van der Waals surface area (Å²) in [6.07, 6.45) is 3.11. The maximum atomic E-state index is 13.1. The summed E-state index contributed by atoms with van der Waals surface area (Å²) in [7, 11) is 0. The Morgan fingerprint density at radius 2 is 1.73 bits per heavy atom. The Morgan fingerprint density at radius 1 is 1.04 bits per heavy atom. The fourth-order valence-electron chi connectivity index (χ4n) is 3.71. The molecule has 2 aliphatic rings. The molecule has 2 aromatic rings. The number of carbonyl (C=O) groups is 2. The van der Waals surface area contributed by atoms with Crippen LogP contribution in [0.2, 0.25) is 0 Å². The summed E-state index contributed by atoms with van der Waals surface area (Å²) in [4.78, 5) is 27.8. The van der Waals surface area contributed by atoms with Gasteiger partial charge < -0.3 is 10.2 Å². The van der Waals surface area contributed by atoms with Crippen LogP contribution in [0.25, 0.3) is 0 Å². The number of anilines is 1. The number of carbonyl (C=O) groups excluding carboxylic acids is 2. The van der Waals surface area contributed by atoms with Gasteiger partial charge in [0.15, 0.2) is 0 Å². The number of benzene rings is 2. The van der Waals surface area contributed by atoms with Crippen LogP contribution < -0.4 is 5.32 Å². The molecule has 0 radical (unpaired) electrons. The average molecular weight is 348 g/mol. The van der Waals surface area contributed by atoms with E-state index in [-0.39, 0.29) is 11.8 Å². The topological polar surface area (TPSA) is 49.4 Å². The van der Waals surface area contributed by atoms with Crippen LogP contribution in [0, 0.1) is 5.41 Å². The van der Waals surface area contributed by atoms with Crippen molar-refractivity contribution in [3.05, 3.63) is 65.2 Å². The fraction of sp³-hybridized carbons (Fsp3) is 0.364. The Labute approximate surface area is 154 Å². The first-order chi connectivity index (χ1) is 12.6. The van der Waals surface area contributed by atoms with E-state index in [2.05, 4.69) is 24.4 Å². The summed E-state index contributed by atoms with van der Waals surface area (Å²) in [5, 5.41) is 2.95. The van der Waals surface area contributed by atoms with Crippen LogP contribution in [0.4, 0.5) is 5.69 Å². The smallest absolute Gasteiger partial charge is 0.240 e. The molecule has 2 aromatic carbocycles. The van der Waals surface area contributed by atoms with Gasteiger partial charge in [0.05, 0.1) is 0 Å². The summed E-state index contributed by atoms with van der Waals surface area (Å²) in [5.74, 6) is -0.180. The van der Waals surface area contributed by atoms with Crippen LogP contribution in [0.5, 0.6) is 0 Å². The number of nitrogens with one attached hydrogen (secondary N) is 1. The second-order valence-electron chi connectivity index (χ2n) is 7.33. The van der Waals surface area contributed by atoms with Crippen LogP contribution >= 0.6 is 0 Å². The minimum atomic E-state index is -0.865. The molecular formula is C22H24N2O2. The minimum absolute atomic E-state index is 0.0188. The summed E-state index contributed by atoms with van der Waals surface area (Å²) in [5.41, 5.74) is 3.62. The molecule has 0 saturated heterocycles. The van der Waals surface area contributed by atoms with Gasteiger partial charge in [0, 0.05) is 18.8 Å². The highest BCUT2D eigenvalue weighted by Gasteiger charge is 2.58. The molecule has 0 bridgehead atoms. The van der Waals surface area contributed by atoms with Gasteiger partial charge in [-0.3, -0.25) is 9.59 Å². The summed E-state index contributed by atoms with van der Waals surface area (Å²) >= 11 is 0. The molecule has 4 rings (SSSR count). The van der Waals surface area contributed by atoms with Gasteiger partial charge in [0.25, 0.3) is 0 Å². The van der Waals surface area contributed by atoms with Gasteiger partial charge in [-0.25, -0.2) is 0 Å². The zero-order chi connectivity index (χ0) is 18.1. The first-order valence-electron chi connectivity index (χ1n) is 9.39. The number of hydrogen-bond acceptors (Lipinski definition) is 2. The van der Waals surface area contributed by atoms with Gasteiger partial charge in [0.2, 0.25) is 11.8 Å². The Hall–Kier alpha value is -2.62. The second-order valence-corrected chi connectivity index (χ2v) is 7.33. The molecule has 1 aliphatic carbocycles. The lowest BCUT2D eigenvalue weighted by molar-refractivity contribution is -0.143. The third kappa shape index (κ3) is 3.00. The fourth-order valence-corrected chi connectivity index (χ4v) is 3.71. The first-order valence-corrected chi connectivity index (χ1v) is 9.39. The molecule has 1 heterocycles. The predicted molar refractivity (Wildman–Crippen MR) is 102 cm³/mol. The van der Waals surface area contributed by atoms with Crippen molar-refractivity contribution in [2.75, 3.05) is 11.9 Å². The van der Waals surface area contributed by atoms with Gasteiger partial charge in [0.1, 0.15) is 5.41 Å². The maximum absolute atomic E-state index is 13.1.